The Balaban J connectivity index is 1.54. The number of rotatable bonds is 5. The molecule has 1 amide bonds. The van der Waals surface area contributed by atoms with Gasteiger partial charge in [0.2, 0.25) is 11.9 Å². The molecule has 7 heteroatoms. The van der Waals surface area contributed by atoms with E-state index in [-0.39, 0.29) is 11.9 Å². The summed E-state index contributed by atoms with van der Waals surface area (Å²) in [7, 11) is 1.61. The highest BCUT2D eigenvalue weighted by molar-refractivity contribution is 5.94. The number of aromatic nitrogens is 2. The molecule has 1 N–H and O–H groups in total. The van der Waals surface area contributed by atoms with E-state index in [2.05, 4.69) is 25.1 Å². The first-order valence-corrected chi connectivity index (χ1v) is 8.38. The van der Waals surface area contributed by atoms with Crippen LogP contribution in [0.1, 0.15) is 6.92 Å². The molecule has 2 aromatic rings. The first-order valence-electron chi connectivity index (χ1n) is 8.38. The Morgan fingerprint density at radius 1 is 1.16 bits per heavy atom. The van der Waals surface area contributed by atoms with Crippen molar-refractivity contribution in [2.45, 2.75) is 13.0 Å². The van der Waals surface area contributed by atoms with Crippen LogP contribution in [0.5, 0.6) is 5.75 Å². The zero-order valence-corrected chi connectivity index (χ0v) is 14.6. The Labute approximate surface area is 147 Å². The van der Waals surface area contributed by atoms with Crippen LogP contribution in [0.2, 0.25) is 0 Å². The highest BCUT2D eigenvalue weighted by atomic mass is 16.5. The number of methoxy groups -OCH3 is 1. The number of amides is 1. The van der Waals surface area contributed by atoms with Crippen LogP contribution in [0.3, 0.4) is 0 Å². The Hall–Kier alpha value is -2.67. The van der Waals surface area contributed by atoms with Crippen molar-refractivity contribution in [3.05, 3.63) is 42.7 Å². The summed E-state index contributed by atoms with van der Waals surface area (Å²) in [6.07, 6.45) is 3.50. The van der Waals surface area contributed by atoms with Crippen molar-refractivity contribution < 1.29 is 9.53 Å². The molecule has 1 aliphatic heterocycles. The molecule has 3 rings (SSSR count). The van der Waals surface area contributed by atoms with Gasteiger partial charge in [-0.15, -0.1) is 0 Å². The van der Waals surface area contributed by atoms with Crippen LogP contribution in [0, 0.1) is 0 Å². The molecule has 25 heavy (non-hydrogen) atoms. The van der Waals surface area contributed by atoms with Gasteiger partial charge in [-0.3, -0.25) is 9.69 Å². The summed E-state index contributed by atoms with van der Waals surface area (Å²) in [5.41, 5.74) is 0.743. The number of carbonyl (C=O) groups excluding carboxylic acids is 1. The minimum atomic E-state index is -0.204. The van der Waals surface area contributed by atoms with Gasteiger partial charge in [0, 0.05) is 50.3 Å². The van der Waals surface area contributed by atoms with Gasteiger partial charge in [0.05, 0.1) is 13.2 Å². The predicted octanol–water partition coefficient (Wildman–Crippen LogP) is 1.63. The van der Waals surface area contributed by atoms with Crippen molar-refractivity contribution in [1.82, 2.24) is 14.9 Å². The minimum absolute atomic E-state index is 0.0161. The lowest BCUT2D eigenvalue weighted by atomic mass is 10.2. The molecule has 0 unspecified atom stereocenters. The Morgan fingerprint density at radius 2 is 1.88 bits per heavy atom. The predicted molar refractivity (Wildman–Crippen MR) is 96.9 cm³/mol. The molecule has 1 aromatic heterocycles. The molecular weight excluding hydrogens is 318 g/mol. The molecule has 1 aliphatic rings. The molecule has 1 fully saturated rings. The van der Waals surface area contributed by atoms with Crippen molar-refractivity contribution in [2.75, 3.05) is 43.5 Å². The molecule has 1 atom stereocenters. The maximum absolute atomic E-state index is 12.5. The highest BCUT2D eigenvalue weighted by Gasteiger charge is 2.26. The van der Waals surface area contributed by atoms with E-state index in [1.54, 1.807) is 19.5 Å². The maximum Gasteiger partial charge on any atom is 0.241 e. The lowest BCUT2D eigenvalue weighted by Gasteiger charge is -2.37. The third kappa shape index (κ3) is 4.24. The topological polar surface area (TPSA) is 70.6 Å². The highest BCUT2D eigenvalue weighted by Crippen LogP contribution is 2.18. The van der Waals surface area contributed by atoms with E-state index in [0.717, 1.165) is 43.6 Å². The van der Waals surface area contributed by atoms with Gasteiger partial charge in [-0.1, -0.05) is 6.07 Å². The number of benzene rings is 1. The number of ether oxygens (including phenoxy) is 1. The molecule has 1 saturated heterocycles. The van der Waals surface area contributed by atoms with Crippen LogP contribution >= 0.6 is 0 Å². The van der Waals surface area contributed by atoms with Crippen LogP contribution in [0.25, 0.3) is 0 Å². The van der Waals surface area contributed by atoms with E-state index in [9.17, 15) is 4.79 Å². The molecular formula is C18H23N5O2. The molecule has 7 nitrogen and oxygen atoms in total. The molecule has 1 aromatic carbocycles. The number of anilines is 2. The first kappa shape index (κ1) is 17.2. The van der Waals surface area contributed by atoms with Crippen molar-refractivity contribution in [3.8, 4) is 5.75 Å². The van der Waals surface area contributed by atoms with E-state index in [0.29, 0.717) is 0 Å². The average Bonchev–Trinajstić information content (AvgIpc) is 2.68. The second-order valence-electron chi connectivity index (χ2n) is 5.97. The summed E-state index contributed by atoms with van der Waals surface area (Å²) in [4.78, 5) is 25.4. The van der Waals surface area contributed by atoms with Gasteiger partial charge in [-0.2, -0.15) is 0 Å². The number of carbonyl (C=O) groups is 1. The van der Waals surface area contributed by atoms with Gasteiger partial charge in [0.25, 0.3) is 0 Å². The summed E-state index contributed by atoms with van der Waals surface area (Å²) < 4.78 is 5.19. The number of nitrogens with one attached hydrogen (secondary N) is 1. The first-order chi connectivity index (χ1) is 12.2. The summed E-state index contributed by atoms with van der Waals surface area (Å²) in [5, 5.41) is 2.96. The fraction of sp³-hybridized carbons (Fsp3) is 0.389. The number of hydrogen-bond acceptors (Lipinski definition) is 6. The third-order valence-corrected chi connectivity index (χ3v) is 4.41. The lowest BCUT2D eigenvalue weighted by Crippen LogP contribution is -2.53. The SMILES string of the molecule is COc1cccc(NC(=O)[C@@H](C)N2CCN(c3ncccn3)CC2)c1. The van der Waals surface area contributed by atoms with Crippen molar-refractivity contribution in [2.24, 2.45) is 0 Å². The minimum Gasteiger partial charge on any atom is -0.497 e. The van der Waals surface area contributed by atoms with Crippen LogP contribution < -0.4 is 15.0 Å². The quantitative estimate of drug-likeness (QED) is 0.891. The summed E-state index contributed by atoms with van der Waals surface area (Å²) >= 11 is 0. The number of nitrogens with zero attached hydrogens (tertiary/aromatic N) is 4. The van der Waals surface area contributed by atoms with E-state index in [1.807, 2.05) is 37.3 Å². The van der Waals surface area contributed by atoms with Crippen molar-refractivity contribution in [1.29, 1.82) is 0 Å². The summed E-state index contributed by atoms with van der Waals surface area (Å²) in [6, 6.07) is 8.99. The van der Waals surface area contributed by atoms with Gasteiger partial charge in [0.1, 0.15) is 5.75 Å². The third-order valence-electron chi connectivity index (χ3n) is 4.41. The second-order valence-corrected chi connectivity index (χ2v) is 5.97. The molecule has 0 saturated carbocycles. The smallest absolute Gasteiger partial charge is 0.241 e. The van der Waals surface area contributed by atoms with Crippen LogP contribution in [-0.2, 0) is 4.79 Å². The lowest BCUT2D eigenvalue weighted by molar-refractivity contribution is -0.120. The van der Waals surface area contributed by atoms with Crippen LogP contribution in [0.4, 0.5) is 11.6 Å². The van der Waals surface area contributed by atoms with E-state index < -0.39 is 0 Å². The average molecular weight is 341 g/mol. The number of hydrogen-bond donors (Lipinski definition) is 1. The van der Waals surface area contributed by atoms with Crippen molar-refractivity contribution in [3.63, 3.8) is 0 Å². The molecule has 0 spiro atoms. The zero-order chi connectivity index (χ0) is 17.6. The van der Waals surface area contributed by atoms with E-state index >= 15 is 0 Å². The van der Waals surface area contributed by atoms with Crippen molar-refractivity contribution >= 4 is 17.5 Å². The summed E-state index contributed by atoms with van der Waals surface area (Å²) in [6.45, 7) is 5.14. The van der Waals surface area contributed by atoms with Crippen LogP contribution in [-0.4, -0.2) is 60.1 Å². The van der Waals surface area contributed by atoms with Gasteiger partial charge in [0.15, 0.2) is 0 Å². The van der Waals surface area contributed by atoms with Crippen LogP contribution in [0.15, 0.2) is 42.7 Å². The van der Waals surface area contributed by atoms with Gasteiger partial charge in [-0.05, 0) is 25.1 Å². The summed E-state index contributed by atoms with van der Waals surface area (Å²) in [5.74, 6) is 1.45. The fourth-order valence-electron chi connectivity index (χ4n) is 2.88. The van der Waals surface area contributed by atoms with Gasteiger partial charge in [-0.25, -0.2) is 9.97 Å². The molecule has 132 valence electrons. The largest absolute Gasteiger partial charge is 0.497 e. The van der Waals surface area contributed by atoms with Gasteiger partial charge >= 0.3 is 0 Å². The van der Waals surface area contributed by atoms with E-state index in [4.69, 9.17) is 4.74 Å². The molecule has 0 aliphatic carbocycles. The maximum atomic E-state index is 12.5. The Kier molecular flexibility index (Phi) is 5.45. The monoisotopic (exact) mass is 341 g/mol. The Morgan fingerprint density at radius 3 is 2.56 bits per heavy atom. The fourth-order valence-corrected chi connectivity index (χ4v) is 2.88. The molecule has 0 bridgehead atoms. The second kappa shape index (κ2) is 7.94. The molecule has 0 radical (unpaired) electrons. The van der Waals surface area contributed by atoms with Gasteiger partial charge < -0.3 is 15.0 Å². The number of piperazine rings is 1. The van der Waals surface area contributed by atoms with E-state index in [1.165, 1.54) is 0 Å². The molecule has 2 heterocycles. The Bertz CT molecular complexity index is 702. The zero-order valence-electron chi connectivity index (χ0n) is 14.6. The normalized spacial score (nSPS) is 16.3. The standard InChI is InChI=1S/C18H23N5O2/c1-14(17(24)21-15-5-3-6-16(13-15)25-2)22-9-11-23(12-10-22)18-19-7-4-8-20-18/h3-8,13-14H,9-12H2,1-2H3,(H,21,24)/t14-/m1/s1.